The lowest BCUT2D eigenvalue weighted by atomic mass is 10.1. The molecule has 6 heteroatoms. The average molecular weight is 298 g/mol. The van der Waals surface area contributed by atoms with Gasteiger partial charge in [-0.1, -0.05) is 12.1 Å². The van der Waals surface area contributed by atoms with E-state index in [1.807, 2.05) is 32.0 Å². The summed E-state index contributed by atoms with van der Waals surface area (Å²) in [4.78, 5) is 3.78. The van der Waals surface area contributed by atoms with E-state index in [9.17, 15) is 8.42 Å². The molecule has 0 saturated carbocycles. The Labute approximate surface area is 116 Å². The van der Waals surface area contributed by atoms with Crippen LogP contribution in [0.3, 0.4) is 0 Å². The van der Waals surface area contributed by atoms with Gasteiger partial charge < -0.3 is 4.74 Å². The van der Waals surface area contributed by atoms with E-state index in [1.54, 1.807) is 0 Å². The average Bonchev–Trinajstić information content (AvgIpc) is 2.33. The molecule has 0 saturated heterocycles. The van der Waals surface area contributed by atoms with E-state index in [-0.39, 0.29) is 10.8 Å². The molecule has 1 heterocycles. The summed E-state index contributed by atoms with van der Waals surface area (Å²) < 4.78 is 28.5. The molecule has 2 aromatic rings. The Bertz CT molecular complexity index is 714. The van der Waals surface area contributed by atoms with Crippen LogP contribution in [0.1, 0.15) is 11.1 Å². The van der Waals surface area contributed by atoms with Crippen LogP contribution in [0.2, 0.25) is 0 Å². The lowest BCUT2D eigenvalue weighted by molar-refractivity contribution is 0.444. The first-order valence-electron chi connectivity index (χ1n) is 5.53. The first-order chi connectivity index (χ1) is 8.88. The van der Waals surface area contributed by atoms with Gasteiger partial charge in [-0.3, -0.25) is 0 Å². The highest BCUT2D eigenvalue weighted by Gasteiger charge is 2.18. The van der Waals surface area contributed by atoms with Crippen LogP contribution in [0.15, 0.2) is 41.4 Å². The summed E-state index contributed by atoms with van der Waals surface area (Å²) in [5, 5.41) is 0. The molecule has 0 amide bonds. The normalized spacial score (nSPS) is 11.3. The van der Waals surface area contributed by atoms with Crippen molar-refractivity contribution in [2.24, 2.45) is 0 Å². The van der Waals surface area contributed by atoms with Gasteiger partial charge >= 0.3 is 0 Å². The summed E-state index contributed by atoms with van der Waals surface area (Å²) in [5.74, 6) is 0.534. The summed E-state index contributed by atoms with van der Waals surface area (Å²) in [6.45, 7) is 3.79. The molecule has 100 valence electrons. The SMILES string of the molecule is Cc1ccc(C)c(Oc2ncccc2S(=O)(=O)Cl)c1. The van der Waals surface area contributed by atoms with E-state index >= 15 is 0 Å². The summed E-state index contributed by atoms with van der Waals surface area (Å²) in [5.41, 5.74) is 1.89. The first kappa shape index (κ1) is 13.8. The molecule has 0 aliphatic rings. The minimum Gasteiger partial charge on any atom is -0.437 e. The number of hydrogen-bond donors (Lipinski definition) is 0. The standard InChI is InChI=1S/C13H12ClNO3S/c1-9-5-6-10(2)11(8-9)18-13-12(19(14,16)17)4-3-7-15-13/h3-8H,1-2H3. The Morgan fingerprint density at radius 2 is 1.95 bits per heavy atom. The molecule has 0 bridgehead atoms. The van der Waals surface area contributed by atoms with Crippen LogP contribution >= 0.6 is 10.7 Å². The van der Waals surface area contributed by atoms with Crippen molar-refractivity contribution in [3.8, 4) is 11.6 Å². The zero-order valence-corrected chi connectivity index (χ0v) is 12.0. The molecule has 0 N–H and O–H groups in total. The molecule has 0 unspecified atom stereocenters. The number of rotatable bonds is 3. The number of aryl methyl sites for hydroxylation is 2. The summed E-state index contributed by atoms with van der Waals surface area (Å²) in [6.07, 6.45) is 1.45. The Balaban J connectivity index is 2.47. The highest BCUT2D eigenvalue weighted by Crippen LogP contribution is 2.30. The van der Waals surface area contributed by atoms with Crippen LogP contribution in [0.5, 0.6) is 11.6 Å². The Hall–Kier alpha value is -1.59. The molecule has 0 radical (unpaired) electrons. The molecule has 0 spiro atoms. The van der Waals surface area contributed by atoms with Crippen molar-refractivity contribution < 1.29 is 13.2 Å². The zero-order chi connectivity index (χ0) is 14.0. The third kappa shape index (κ3) is 3.24. The molecule has 1 aromatic carbocycles. The Kier molecular flexibility index (Phi) is 3.78. The van der Waals surface area contributed by atoms with E-state index in [4.69, 9.17) is 15.4 Å². The highest BCUT2D eigenvalue weighted by atomic mass is 35.7. The number of nitrogens with zero attached hydrogens (tertiary/aromatic N) is 1. The molecule has 4 nitrogen and oxygen atoms in total. The van der Waals surface area contributed by atoms with Crippen molar-refractivity contribution in [1.29, 1.82) is 0 Å². The van der Waals surface area contributed by atoms with Crippen molar-refractivity contribution >= 4 is 19.7 Å². The van der Waals surface area contributed by atoms with Crippen molar-refractivity contribution in [2.75, 3.05) is 0 Å². The van der Waals surface area contributed by atoms with Gasteiger partial charge in [0.1, 0.15) is 10.6 Å². The topological polar surface area (TPSA) is 56.3 Å². The number of halogens is 1. The second kappa shape index (κ2) is 5.19. The van der Waals surface area contributed by atoms with Gasteiger partial charge in [-0.05, 0) is 43.2 Å². The van der Waals surface area contributed by atoms with Gasteiger partial charge in [0.05, 0.1) is 0 Å². The number of pyridine rings is 1. The van der Waals surface area contributed by atoms with Crippen molar-refractivity contribution in [2.45, 2.75) is 18.7 Å². The van der Waals surface area contributed by atoms with Gasteiger partial charge in [0.25, 0.3) is 9.05 Å². The Morgan fingerprint density at radius 3 is 2.63 bits per heavy atom. The third-order valence-corrected chi connectivity index (χ3v) is 3.88. The highest BCUT2D eigenvalue weighted by molar-refractivity contribution is 8.13. The third-order valence-electron chi connectivity index (χ3n) is 2.55. The van der Waals surface area contributed by atoms with Crippen LogP contribution in [-0.4, -0.2) is 13.4 Å². The molecule has 2 rings (SSSR count). The minimum atomic E-state index is -3.89. The van der Waals surface area contributed by atoms with Crippen LogP contribution in [0.25, 0.3) is 0 Å². The van der Waals surface area contributed by atoms with E-state index in [1.165, 1.54) is 18.3 Å². The van der Waals surface area contributed by atoms with Gasteiger partial charge in [-0.15, -0.1) is 0 Å². The first-order valence-corrected chi connectivity index (χ1v) is 7.83. The van der Waals surface area contributed by atoms with Crippen LogP contribution in [0.4, 0.5) is 0 Å². The predicted molar refractivity (Wildman–Crippen MR) is 73.3 cm³/mol. The minimum absolute atomic E-state index is 0.0220. The second-order valence-electron chi connectivity index (χ2n) is 4.12. The summed E-state index contributed by atoms with van der Waals surface area (Å²) >= 11 is 0. The molecule has 0 aliphatic carbocycles. The monoisotopic (exact) mass is 297 g/mol. The zero-order valence-electron chi connectivity index (χ0n) is 10.4. The quantitative estimate of drug-likeness (QED) is 0.815. The fourth-order valence-corrected chi connectivity index (χ4v) is 2.46. The van der Waals surface area contributed by atoms with Gasteiger partial charge in [0.15, 0.2) is 0 Å². The predicted octanol–water partition coefficient (Wildman–Crippen LogP) is 3.42. The van der Waals surface area contributed by atoms with Crippen molar-refractivity contribution in [1.82, 2.24) is 4.98 Å². The van der Waals surface area contributed by atoms with Crippen LogP contribution < -0.4 is 4.74 Å². The number of hydrogen-bond acceptors (Lipinski definition) is 4. The lowest BCUT2D eigenvalue weighted by Gasteiger charge is -2.10. The fourth-order valence-electron chi connectivity index (χ4n) is 1.56. The van der Waals surface area contributed by atoms with E-state index in [0.717, 1.165) is 11.1 Å². The van der Waals surface area contributed by atoms with Gasteiger partial charge in [0, 0.05) is 16.9 Å². The van der Waals surface area contributed by atoms with E-state index in [2.05, 4.69) is 4.98 Å². The maximum Gasteiger partial charge on any atom is 0.266 e. The van der Waals surface area contributed by atoms with Crippen LogP contribution in [0, 0.1) is 13.8 Å². The molecule has 0 fully saturated rings. The molecular formula is C13H12ClNO3S. The number of aromatic nitrogens is 1. The van der Waals surface area contributed by atoms with Crippen LogP contribution in [-0.2, 0) is 9.05 Å². The fraction of sp³-hybridized carbons (Fsp3) is 0.154. The van der Waals surface area contributed by atoms with Gasteiger partial charge in [-0.25, -0.2) is 13.4 Å². The molecule has 0 aliphatic heterocycles. The largest absolute Gasteiger partial charge is 0.437 e. The maximum absolute atomic E-state index is 11.4. The van der Waals surface area contributed by atoms with E-state index in [0.29, 0.717) is 5.75 Å². The lowest BCUT2D eigenvalue weighted by Crippen LogP contribution is -1.98. The molecule has 1 aromatic heterocycles. The molecular weight excluding hydrogens is 286 g/mol. The second-order valence-corrected chi connectivity index (χ2v) is 6.65. The molecule has 0 atom stereocenters. The van der Waals surface area contributed by atoms with Crippen molar-refractivity contribution in [3.63, 3.8) is 0 Å². The maximum atomic E-state index is 11.4. The summed E-state index contributed by atoms with van der Waals surface area (Å²) in [6, 6.07) is 8.50. The number of ether oxygens (including phenoxy) is 1. The van der Waals surface area contributed by atoms with E-state index < -0.39 is 9.05 Å². The Morgan fingerprint density at radius 1 is 1.21 bits per heavy atom. The smallest absolute Gasteiger partial charge is 0.266 e. The number of benzene rings is 1. The van der Waals surface area contributed by atoms with Gasteiger partial charge in [0.2, 0.25) is 5.88 Å². The van der Waals surface area contributed by atoms with Gasteiger partial charge in [-0.2, -0.15) is 0 Å². The van der Waals surface area contributed by atoms with Crippen molar-refractivity contribution in [3.05, 3.63) is 47.7 Å². The summed E-state index contributed by atoms with van der Waals surface area (Å²) in [7, 11) is 1.46. The molecule has 19 heavy (non-hydrogen) atoms.